The van der Waals surface area contributed by atoms with E-state index in [9.17, 15) is 4.79 Å². The van der Waals surface area contributed by atoms with Gasteiger partial charge in [-0.1, -0.05) is 20.8 Å². The summed E-state index contributed by atoms with van der Waals surface area (Å²) in [5.74, 6) is 1.69. The summed E-state index contributed by atoms with van der Waals surface area (Å²) in [6.07, 6.45) is 5.65. The molecule has 3 heterocycles. The molecular weight excluding hydrogens is 318 g/mol. The summed E-state index contributed by atoms with van der Waals surface area (Å²) >= 11 is 0. The lowest BCUT2D eigenvalue weighted by Gasteiger charge is -2.15. The van der Waals surface area contributed by atoms with Gasteiger partial charge in [0.25, 0.3) is 0 Å². The molecule has 1 amide bonds. The number of oxazole rings is 1. The molecule has 2 atom stereocenters. The monoisotopic (exact) mass is 345 g/mol. The second kappa shape index (κ2) is 6.63. The quantitative estimate of drug-likeness (QED) is 0.912. The van der Waals surface area contributed by atoms with E-state index in [2.05, 4.69) is 41.1 Å². The van der Waals surface area contributed by atoms with Crippen LogP contribution in [0.1, 0.15) is 43.9 Å². The Morgan fingerprint density at radius 2 is 2.12 bits per heavy atom. The first-order chi connectivity index (χ1) is 11.8. The van der Waals surface area contributed by atoms with Crippen molar-refractivity contribution in [3.05, 3.63) is 35.8 Å². The molecule has 7 heteroatoms. The van der Waals surface area contributed by atoms with Crippen LogP contribution in [0.5, 0.6) is 0 Å². The molecule has 25 heavy (non-hydrogen) atoms. The van der Waals surface area contributed by atoms with E-state index in [1.165, 1.54) is 0 Å². The fourth-order valence-electron chi connectivity index (χ4n) is 3.36. The summed E-state index contributed by atoms with van der Waals surface area (Å²) < 4.78 is 7.69. The summed E-state index contributed by atoms with van der Waals surface area (Å²) in [7, 11) is 3.58. The third-order valence-electron chi connectivity index (χ3n) is 4.78. The van der Waals surface area contributed by atoms with Gasteiger partial charge < -0.3 is 9.73 Å². The number of nitrogens with one attached hydrogen (secondary N) is 1. The number of amides is 1. The predicted octanol–water partition coefficient (Wildman–Crippen LogP) is 1.67. The lowest BCUT2D eigenvalue weighted by molar-refractivity contribution is -0.124. The minimum Gasteiger partial charge on any atom is -0.444 e. The molecule has 1 aliphatic rings. The van der Waals surface area contributed by atoms with Crippen LogP contribution in [0.4, 0.5) is 0 Å². The Bertz CT molecular complexity index is 743. The van der Waals surface area contributed by atoms with Gasteiger partial charge in [-0.3, -0.25) is 14.4 Å². The number of hydrogen-bond acceptors (Lipinski definition) is 5. The van der Waals surface area contributed by atoms with Crippen LogP contribution in [-0.4, -0.2) is 45.7 Å². The summed E-state index contributed by atoms with van der Waals surface area (Å²) in [6, 6.07) is 0. The van der Waals surface area contributed by atoms with Crippen LogP contribution in [0.15, 0.2) is 23.0 Å². The molecule has 0 unspecified atom stereocenters. The van der Waals surface area contributed by atoms with E-state index in [0.717, 1.165) is 17.9 Å². The van der Waals surface area contributed by atoms with Gasteiger partial charge in [0, 0.05) is 44.7 Å². The lowest BCUT2D eigenvalue weighted by atomic mass is 9.90. The molecule has 0 spiro atoms. The predicted molar refractivity (Wildman–Crippen MR) is 94.0 cm³/mol. The molecule has 7 nitrogen and oxygen atoms in total. The van der Waals surface area contributed by atoms with Crippen LogP contribution in [0.25, 0.3) is 0 Å². The van der Waals surface area contributed by atoms with Gasteiger partial charge in [0.2, 0.25) is 11.8 Å². The van der Waals surface area contributed by atoms with E-state index >= 15 is 0 Å². The van der Waals surface area contributed by atoms with E-state index in [0.29, 0.717) is 19.0 Å². The van der Waals surface area contributed by atoms with Gasteiger partial charge in [0.05, 0.1) is 24.9 Å². The van der Waals surface area contributed by atoms with Gasteiger partial charge >= 0.3 is 0 Å². The molecule has 136 valence electrons. The number of aryl methyl sites for hydroxylation is 1. The Labute approximate surface area is 148 Å². The Balaban J connectivity index is 1.75. The number of carbonyl (C=O) groups is 1. The van der Waals surface area contributed by atoms with Gasteiger partial charge in [0.15, 0.2) is 0 Å². The fourth-order valence-corrected chi connectivity index (χ4v) is 3.36. The van der Waals surface area contributed by atoms with E-state index in [1.807, 2.05) is 19.4 Å². The van der Waals surface area contributed by atoms with E-state index in [-0.39, 0.29) is 23.2 Å². The van der Waals surface area contributed by atoms with E-state index in [1.54, 1.807) is 17.9 Å². The molecule has 0 aliphatic carbocycles. The molecule has 1 saturated heterocycles. The minimum absolute atomic E-state index is 0.0564. The second-order valence-electron chi connectivity index (χ2n) is 7.84. The third-order valence-corrected chi connectivity index (χ3v) is 4.78. The topological polar surface area (TPSA) is 76.2 Å². The van der Waals surface area contributed by atoms with Crippen molar-refractivity contribution in [1.29, 1.82) is 0 Å². The summed E-state index contributed by atoms with van der Waals surface area (Å²) in [6.45, 7) is 8.40. The summed E-state index contributed by atoms with van der Waals surface area (Å²) in [5.41, 5.74) is 1.04. The molecule has 1 aliphatic heterocycles. The lowest BCUT2D eigenvalue weighted by Crippen LogP contribution is -2.32. The first-order valence-electron chi connectivity index (χ1n) is 8.65. The Hall–Kier alpha value is -2.15. The summed E-state index contributed by atoms with van der Waals surface area (Å²) in [4.78, 5) is 19.0. The first kappa shape index (κ1) is 17.7. The van der Waals surface area contributed by atoms with Crippen LogP contribution in [-0.2, 0) is 23.8 Å². The van der Waals surface area contributed by atoms with Crippen LogP contribution < -0.4 is 5.32 Å². The minimum atomic E-state index is -0.0914. The molecule has 2 aromatic rings. The van der Waals surface area contributed by atoms with Crippen LogP contribution in [0.3, 0.4) is 0 Å². The van der Waals surface area contributed by atoms with Crippen molar-refractivity contribution in [2.45, 2.75) is 38.6 Å². The van der Waals surface area contributed by atoms with E-state index < -0.39 is 0 Å². The average molecular weight is 345 g/mol. The van der Waals surface area contributed by atoms with Gasteiger partial charge in [-0.2, -0.15) is 5.10 Å². The highest BCUT2D eigenvalue weighted by Crippen LogP contribution is 2.33. The van der Waals surface area contributed by atoms with E-state index in [4.69, 9.17) is 4.42 Å². The molecule has 2 aromatic heterocycles. The molecule has 0 radical (unpaired) electrons. The van der Waals surface area contributed by atoms with Crippen molar-refractivity contribution in [3.63, 3.8) is 0 Å². The maximum absolute atomic E-state index is 12.3. The van der Waals surface area contributed by atoms with Gasteiger partial charge in [-0.25, -0.2) is 4.98 Å². The smallest absolute Gasteiger partial charge is 0.224 e. The standard InChI is InChI=1S/C18H27N5O2/c1-18(2,3)15-7-20-16(25-15)11-23-9-13(12-6-21-22(5)8-12)14(10-23)17(24)19-4/h6-8,13-14H,9-11H2,1-5H3,(H,19,24)/t13-,14+/m1/s1. The van der Waals surface area contributed by atoms with Crippen molar-refractivity contribution in [2.75, 3.05) is 20.1 Å². The Kier molecular flexibility index (Phi) is 4.69. The van der Waals surface area contributed by atoms with Crippen LogP contribution in [0.2, 0.25) is 0 Å². The van der Waals surface area contributed by atoms with Crippen molar-refractivity contribution in [2.24, 2.45) is 13.0 Å². The molecule has 1 fully saturated rings. The Morgan fingerprint density at radius 1 is 1.36 bits per heavy atom. The Morgan fingerprint density at radius 3 is 2.68 bits per heavy atom. The fraction of sp³-hybridized carbons (Fsp3) is 0.611. The SMILES string of the molecule is CNC(=O)[C@H]1CN(Cc2ncc(C(C)(C)C)o2)C[C@@H]1c1cnn(C)c1. The first-order valence-corrected chi connectivity index (χ1v) is 8.65. The van der Waals surface area contributed by atoms with Gasteiger partial charge in [-0.15, -0.1) is 0 Å². The zero-order valence-corrected chi connectivity index (χ0v) is 15.6. The average Bonchev–Trinajstić information content (AvgIpc) is 3.25. The zero-order chi connectivity index (χ0) is 18.2. The van der Waals surface area contributed by atoms with Crippen molar-refractivity contribution < 1.29 is 9.21 Å². The van der Waals surface area contributed by atoms with Crippen LogP contribution in [0, 0.1) is 5.92 Å². The van der Waals surface area contributed by atoms with Crippen molar-refractivity contribution in [3.8, 4) is 0 Å². The van der Waals surface area contributed by atoms with Crippen molar-refractivity contribution >= 4 is 5.91 Å². The normalized spacial score (nSPS) is 21.6. The van der Waals surface area contributed by atoms with Crippen molar-refractivity contribution in [1.82, 2.24) is 25.0 Å². The van der Waals surface area contributed by atoms with Gasteiger partial charge in [-0.05, 0) is 5.56 Å². The molecule has 3 rings (SSSR count). The number of nitrogens with zero attached hydrogens (tertiary/aromatic N) is 4. The second-order valence-corrected chi connectivity index (χ2v) is 7.84. The molecule has 0 saturated carbocycles. The largest absolute Gasteiger partial charge is 0.444 e. The maximum Gasteiger partial charge on any atom is 0.224 e. The molecule has 0 bridgehead atoms. The third kappa shape index (κ3) is 3.76. The van der Waals surface area contributed by atoms with Gasteiger partial charge in [0.1, 0.15) is 5.76 Å². The number of hydrogen-bond donors (Lipinski definition) is 1. The highest BCUT2D eigenvalue weighted by atomic mass is 16.4. The maximum atomic E-state index is 12.3. The number of carbonyl (C=O) groups excluding carboxylic acids is 1. The summed E-state index contributed by atoms with van der Waals surface area (Å²) in [5, 5.41) is 7.05. The highest BCUT2D eigenvalue weighted by Gasteiger charge is 2.39. The number of aromatic nitrogens is 3. The number of likely N-dealkylation sites (tertiary alicyclic amines) is 1. The molecular formula is C18H27N5O2. The molecule has 0 aromatic carbocycles. The number of rotatable bonds is 4. The zero-order valence-electron chi connectivity index (χ0n) is 15.6. The highest BCUT2D eigenvalue weighted by molar-refractivity contribution is 5.80. The van der Waals surface area contributed by atoms with Crippen LogP contribution >= 0.6 is 0 Å². The molecule has 1 N–H and O–H groups in total.